The summed E-state index contributed by atoms with van der Waals surface area (Å²) in [6, 6.07) is 9.21. The van der Waals surface area contributed by atoms with Crippen LogP contribution in [0.25, 0.3) is 17.0 Å². The number of hydrogen-bond acceptors (Lipinski definition) is 4. The Labute approximate surface area is 97.0 Å². The number of pyridine rings is 2. The van der Waals surface area contributed by atoms with Gasteiger partial charge in [-0.3, -0.25) is 4.98 Å². The Morgan fingerprint density at radius 3 is 3.00 bits per heavy atom. The molecule has 0 unspecified atom stereocenters. The molecule has 0 N–H and O–H groups in total. The molecule has 5 nitrogen and oxygen atoms in total. The first-order valence-electron chi connectivity index (χ1n) is 5.04. The Balaban J connectivity index is 2.18. The fourth-order valence-corrected chi connectivity index (χ4v) is 1.57. The van der Waals surface area contributed by atoms with E-state index in [4.69, 9.17) is 5.26 Å². The fourth-order valence-electron chi connectivity index (χ4n) is 1.57. The minimum atomic E-state index is 0.572. The van der Waals surface area contributed by atoms with Gasteiger partial charge in [0, 0.05) is 30.2 Å². The van der Waals surface area contributed by atoms with E-state index in [1.165, 1.54) is 0 Å². The zero-order chi connectivity index (χ0) is 11.7. The van der Waals surface area contributed by atoms with Crippen molar-refractivity contribution in [2.75, 3.05) is 0 Å². The van der Waals surface area contributed by atoms with Crippen LogP contribution >= 0.6 is 0 Å². The average molecular weight is 221 g/mol. The third kappa shape index (κ3) is 1.62. The summed E-state index contributed by atoms with van der Waals surface area (Å²) < 4.78 is 1.64. The smallest absolute Gasteiger partial charge is 0.183 e. The minimum absolute atomic E-state index is 0.572. The first-order valence-corrected chi connectivity index (χ1v) is 5.04. The monoisotopic (exact) mass is 221 g/mol. The average Bonchev–Trinajstić information content (AvgIpc) is 2.82. The van der Waals surface area contributed by atoms with Crippen LogP contribution in [0.2, 0.25) is 0 Å². The van der Waals surface area contributed by atoms with Crippen LogP contribution in [0, 0.1) is 11.3 Å². The topological polar surface area (TPSA) is 66.9 Å². The summed E-state index contributed by atoms with van der Waals surface area (Å²) >= 11 is 0. The van der Waals surface area contributed by atoms with Crippen LogP contribution in [0.4, 0.5) is 0 Å². The van der Waals surface area contributed by atoms with Crippen molar-refractivity contribution in [2.24, 2.45) is 0 Å². The number of fused-ring (bicyclic) bond motifs is 1. The van der Waals surface area contributed by atoms with Gasteiger partial charge < -0.3 is 0 Å². The fraction of sp³-hybridized carbons (Fsp3) is 0. The van der Waals surface area contributed by atoms with Crippen LogP contribution in [0.1, 0.15) is 5.56 Å². The van der Waals surface area contributed by atoms with Gasteiger partial charge in [-0.1, -0.05) is 0 Å². The molecular weight excluding hydrogens is 214 g/mol. The Morgan fingerprint density at radius 1 is 1.29 bits per heavy atom. The van der Waals surface area contributed by atoms with Gasteiger partial charge in [0.1, 0.15) is 0 Å². The molecule has 0 radical (unpaired) electrons. The highest BCUT2D eigenvalue weighted by Gasteiger charge is 2.06. The van der Waals surface area contributed by atoms with E-state index < -0.39 is 0 Å². The van der Waals surface area contributed by atoms with Gasteiger partial charge in [0.2, 0.25) is 0 Å². The molecule has 0 saturated heterocycles. The van der Waals surface area contributed by atoms with E-state index in [-0.39, 0.29) is 0 Å². The van der Waals surface area contributed by atoms with Crippen molar-refractivity contribution in [3.8, 4) is 17.5 Å². The minimum Gasteiger partial charge on any atom is -0.264 e. The number of nitriles is 1. The first-order chi connectivity index (χ1) is 8.36. The maximum absolute atomic E-state index is 8.80. The van der Waals surface area contributed by atoms with E-state index in [0.717, 1.165) is 5.56 Å². The second-order valence-electron chi connectivity index (χ2n) is 3.51. The molecule has 0 fully saturated rings. The molecule has 0 saturated carbocycles. The molecular formula is C12H7N5. The lowest BCUT2D eigenvalue weighted by Gasteiger charge is -1.90. The Bertz CT molecular complexity index is 709. The molecule has 5 heteroatoms. The van der Waals surface area contributed by atoms with E-state index in [1.54, 1.807) is 35.2 Å². The van der Waals surface area contributed by atoms with Gasteiger partial charge in [0.25, 0.3) is 0 Å². The molecule has 17 heavy (non-hydrogen) atoms. The Hall–Kier alpha value is -2.74. The van der Waals surface area contributed by atoms with Gasteiger partial charge >= 0.3 is 0 Å². The third-order valence-electron chi connectivity index (χ3n) is 2.39. The molecule has 0 atom stereocenters. The highest BCUT2D eigenvalue weighted by molar-refractivity contribution is 5.57. The van der Waals surface area contributed by atoms with Crippen molar-refractivity contribution in [1.82, 2.24) is 19.6 Å². The molecule has 3 aromatic rings. The van der Waals surface area contributed by atoms with Crippen LogP contribution in [-0.4, -0.2) is 19.6 Å². The molecule has 0 aliphatic heterocycles. The van der Waals surface area contributed by atoms with Crippen molar-refractivity contribution in [3.05, 3.63) is 48.4 Å². The van der Waals surface area contributed by atoms with E-state index >= 15 is 0 Å². The first kappa shape index (κ1) is 9.48. The number of nitrogens with zero attached hydrogens (tertiary/aromatic N) is 5. The van der Waals surface area contributed by atoms with Gasteiger partial charge in [0.15, 0.2) is 11.5 Å². The van der Waals surface area contributed by atoms with Gasteiger partial charge in [-0.05, 0) is 18.2 Å². The van der Waals surface area contributed by atoms with E-state index in [0.29, 0.717) is 17.0 Å². The second kappa shape index (κ2) is 3.68. The highest BCUT2D eigenvalue weighted by atomic mass is 15.3. The molecule has 80 valence electrons. The van der Waals surface area contributed by atoms with Crippen molar-refractivity contribution in [1.29, 1.82) is 5.26 Å². The zero-order valence-electron chi connectivity index (χ0n) is 8.78. The SMILES string of the molecule is N#Cc1ccn2nc(-c3cccnc3)nc2c1. The predicted octanol–water partition coefficient (Wildman–Crippen LogP) is 1.66. The predicted molar refractivity (Wildman–Crippen MR) is 60.9 cm³/mol. The summed E-state index contributed by atoms with van der Waals surface area (Å²) in [5.41, 5.74) is 2.08. The molecule has 0 bridgehead atoms. The standard InChI is InChI=1S/C12H7N5/c13-7-9-3-5-17-11(6-9)15-12(16-17)10-2-1-4-14-8-10/h1-6,8H. The lowest BCUT2D eigenvalue weighted by atomic mass is 10.3. The van der Waals surface area contributed by atoms with E-state index in [1.807, 2.05) is 12.1 Å². The quantitative estimate of drug-likeness (QED) is 0.626. The summed E-state index contributed by atoms with van der Waals surface area (Å²) in [7, 11) is 0. The zero-order valence-corrected chi connectivity index (χ0v) is 8.78. The molecule has 0 spiro atoms. The normalized spacial score (nSPS) is 10.3. The summed E-state index contributed by atoms with van der Waals surface area (Å²) in [6.45, 7) is 0. The summed E-state index contributed by atoms with van der Waals surface area (Å²) in [4.78, 5) is 8.38. The number of rotatable bonds is 1. The lowest BCUT2D eigenvalue weighted by Crippen LogP contribution is -1.87. The molecule has 0 aromatic carbocycles. The molecule has 0 aliphatic carbocycles. The molecule has 3 rings (SSSR count). The van der Waals surface area contributed by atoms with Gasteiger partial charge in [-0.25, -0.2) is 9.50 Å². The number of aromatic nitrogens is 4. The van der Waals surface area contributed by atoms with Gasteiger partial charge in [-0.2, -0.15) is 5.26 Å². The van der Waals surface area contributed by atoms with Crippen molar-refractivity contribution < 1.29 is 0 Å². The molecule has 3 heterocycles. The molecule has 0 aliphatic rings. The van der Waals surface area contributed by atoms with Gasteiger partial charge in [0.05, 0.1) is 11.6 Å². The van der Waals surface area contributed by atoms with E-state index in [2.05, 4.69) is 21.1 Å². The largest absolute Gasteiger partial charge is 0.264 e. The van der Waals surface area contributed by atoms with Crippen LogP contribution in [0.15, 0.2) is 42.9 Å². The Kier molecular flexibility index (Phi) is 2.06. The number of hydrogen-bond donors (Lipinski definition) is 0. The highest BCUT2D eigenvalue weighted by Crippen LogP contribution is 2.14. The maximum atomic E-state index is 8.80. The van der Waals surface area contributed by atoms with Crippen LogP contribution < -0.4 is 0 Å². The molecule has 0 amide bonds. The van der Waals surface area contributed by atoms with Crippen LogP contribution in [0.3, 0.4) is 0 Å². The van der Waals surface area contributed by atoms with Gasteiger partial charge in [-0.15, -0.1) is 5.10 Å². The Morgan fingerprint density at radius 2 is 2.24 bits per heavy atom. The summed E-state index contributed by atoms with van der Waals surface area (Å²) in [5, 5.41) is 13.1. The van der Waals surface area contributed by atoms with Crippen molar-refractivity contribution in [2.45, 2.75) is 0 Å². The molecule has 3 aromatic heterocycles. The second-order valence-corrected chi connectivity index (χ2v) is 3.51. The van der Waals surface area contributed by atoms with Crippen LogP contribution in [-0.2, 0) is 0 Å². The van der Waals surface area contributed by atoms with Crippen molar-refractivity contribution in [3.63, 3.8) is 0 Å². The summed E-state index contributed by atoms with van der Waals surface area (Å²) in [6.07, 6.45) is 5.13. The third-order valence-corrected chi connectivity index (χ3v) is 2.39. The van der Waals surface area contributed by atoms with Crippen molar-refractivity contribution >= 4 is 5.65 Å². The maximum Gasteiger partial charge on any atom is 0.183 e. The summed E-state index contributed by atoms with van der Waals surface area (Å²) in [5.74, 6) is 0.605. The van der Waals surface area contributed by atoms with E-state index in [9.17, 15) is 0 Å². The van der Waals surface area contributed by atoms with Crippen LogP contribution in [0.5, 0.6) is 0 Å². The lowest BCUT2D eigenvalue weighted by molar-refractivity contribution is 0.963.